The maximum absolute atomic E-state index is 11.2. The molecule has 0 aromatic heterocycles. The largest absolute Gasteiger partial charge is 0.479 e. The first-order chi connectivity index (χ1) is 8.09. The summed E-state index contributed by atoms with van der Waals surface area (Å²) in [4.78, 5) is 25.8. The number of hydrogen-bond acceptors (Lipinski definition) is 3. The van der Waals surface area contributed by atoms with Crippen molar-refractivity contribution in [3.05, 3.63) is 0 Å². The van der Waals surface area contributed by atoms with Crippen LogP contribution in [0.1, 0.15) is 32.6 Å². The first-order valence-electron chi connectivity index (χ1n) is 5.97. The molecule has 1 saturated carbocycles. The highest BCUT2D eigenvalue weighted by atomic mass is 16.7. The van der Waals surface area contributed by atoms with Gasteiger partial charge < -0.3 is 10.4 Å². The SMILES string of the molecule is CC1CCCCC1CNC(=O)NOCC(=O)O. The maximum atomic E-state index is 11.2. The van der Waals surface area contributed by atoms with Crippen LogP contribution in [0.25, 0.3) is 0 Å². The van der Waals surface area contributed by atoms with Gasteiger partial charge >= 0.3 is 12.0 Å². The first-order valence-corrected chi connectivity index (χ1v) is 5.97. The number of hydroxylamine groups is 1. The van der Waals surface area contributed by atoms with Crippen LogP contribution in [0, 0.1) is 11.8 Å². The van der Waals surface area contributed by atoms with E-state index in [1.165, 1.54) is 19.3 Å². The van der Waals surface area contributed by atoms with E-state index in [-0.39, 0.29) is 0 Å². The normalized spacial score (nSPS) is 24.1. The summed E-state index contributed by atoms with van der Waals surface area (Å²) in [5, 5.41) is 11.0. The number of aliphatic carboxylic acids is 1. The molecule has 0 spiro atoms. The second-order valence-electron chi connectivity index (χ2n) is 4.52. The number of hydrogen-bond donors (Lipinski definition) is 3. The number of carbonyl (C=O) groups is 2. The minimum Gasteiger partial charge on any atom is -0.479 e. The van der Waals surface area contributed by atoms with Crippen LogP contribution in [0.2, 0.25) is 0 Å². The third kappa shape index (κ3) is 5.53. The van der Waals surface area contributed by atoms with Crippen molar-refractivity contribution < 1.29 is 19.5 Å². The lowest BCUT2D eigenvalue weighted by molar-refractivity contribution is -0.144. The van der Waals surface area contributed by atoms with E-state index in [4.69, 9.17) is 5.11 Å². The molecule has 1 rings (SSSR count). The van der Waals surface area contributed by atoms with E-state index in [2.05, 4.69) is 17.1 Å². The van der Waals surface area contributed by atoms with Crippen molar-refractivity contribution in [3.63, 3.8) is 0 Å². The van der Waals surface area contributed by atoms with Gasteiger partial charge in [-0.25, -0.2) is 15.1 Å². The molecule has 2 unspecified atom stereocenters. The fourth-order valence-electron chi connectivity index (χ4n) is 2.12. The summed E-state index contributed by atoms with van der Waals surface area (Å²) in [6, 6.07) is -0.482. The van der Waals surface area contributed by atoms with E-state index < -0.39 is 18.6 Å². The van der Waals surface area contributed by atoms with Crippen LogP contribution in [-0.4, -0.2) is 30.3 Å². The van der Waals surface area contributed by atoms with Crippen LogP contribution in [0.3, 0.4) is 0 Å². The Morgan fingerprint density at radius 1 is 1.35 bits per heavy atom. The van der Waals surface area contributed by atoms with E-state index in [1.807, 2.05) is 5.48 Å². The number of rotatable bonds is 5. The molecule has 1 fully saturated rings. The Bertz CT molecular complexity index is 270. The Balaban J connectivity index is 2.12. The highest BCUT2D eigenvalue weighted by Crippen LogP contribution is 2.28. The maximum Gasteiger partial charge on any atom is 0.338 e. The number of carbonyl (C=O) groups excluding carboxylic acids is 1. The molecule has 1 aliphatic carbocycles. The molecule has 17 heavy (non-hydrogen) atoms. The average molecular weight is 244 g/mol. The molecule has 0 aliphatic heterocycles. The molecule has 0 radical (unpaired) electrons. The van der Waals surface area contributed by atoms with Gasteiger partial charge in [0.2, 0.25) is 0 Å². The molecule has 3 N–H and O–H groups in total. The van der Waals surface area contributed by atoms with Crippen molar-refractivity contribution >= 4 is 12.0 Å². The Labute approximate surface area is 101 Å². The van der Waals surface area contributed by atoms with Gasteiger partial charge in [0.15, 0.2) is 6.61 Å². The first kappa shape index (κ1) is 13.8. The van der Waals surface area contributed by atoms with Gasteiger partial charge in [-0.15, -0.1) is 0 Å². The van der Waals surface area contributed by atoms with E-state index in [0.29, 0.717) is 18.4 Å². The summed E-state index contributed by atoms with van der Waals surface area (Å²) in [6.07, 6.45) is 4.83. The standard InChI is InChI=1S/C11H20N2O4/c1-8-4-2-3-5-9(8)6-12-11(16)13-17-7-10(14)15/h8-9H,2-7H2,1H3,(H,14,15)(H2,12,13,16). The lowest BCUT2D eigenvalue weighted by Crippen LogP contribution is -2.40. The highest BCUT2D eigenvalue weighted by molar-refractivity contribution is 5.73. The number of nitrogens with one attached hydrogen (secondary N) is 2. The predicted molar refractivity (Wildman–Crippen MR) is 61.2 cm³/mol. The molecule has 0 heterocycles. The van der Waals surface area contributed by atoms with E-state index in [0.717, 1.165) is 6.42 Å². The van der Waals surface area contributed by atoms with Gasteiger partial charge in [0.25, 0.3) is 0 Å². The zero-order valence-electron chi connectivity index (χ0n) is 10.1. The second kappa shape index (κ2) is 7.11. The monoisotopic (exact) mass is 244 g/mol. The van der Waals surface area contributed by atoms with Crippen LogP contribution >= 0.6 is 0 Å². The van der Waals surface area contributed by atoms with Crippen molar-refractivity contribution in [1.82, 2.24) is 10.8 Å². The average Bonchev–Trinajstić information content (AvgIpc) is 2.27. The molecule has 0 aromatic rings. The summed E-state index contributed by atoms with van der Waals surface area (Å²) < 4.78 is 0. The molecular weight excluding hydrogens is 224 g/mol. The second-order valence-corrected chi connectivity index (χ2v) is 4.52. The smallest absolute Gasteiger partial charge is 0.338 e. The quantitative estimate of drug-likeness (QED) is 0.632. The summed E-state index contributed by atoms with van der Waals surface area (Å²) in [6.45, 7) is 2.28. The summed E-state index contributed by atoms with van der Waals surface area (Å²) >= 11 is 0. The van der Waals surface area contributed by atoms with Crippen molar-refractivity contribution in [1.29, 1.82) is 0 Å². The zero-order valence-corrected chi connectivity index (χ0v) is 10.1. The molecule has 6 heteroatoms. The van der Waals surface area contributed by atoms with Crippen LogP contribution in [0.15, 0.2) is 0 Å². The van der Waals surface area contributed by atoms with Crippen LogP contribution < -0.4 is 10.8 Å². The lowest BCUT2D eigenvalue weighted by Gasteiger charge is -2.28. The molecule has 98 valence electrons. The van der Waals surface area contributed by atoms with Gasteiger partial charge in [-0.3, -0.25) is 4.84 Å². The fourth-order valence-corrected chi connectivity index (χ4v) is 2.12. The summed E-state index contributed by atoms with van der Waals surface area (Å²) in [5.41, 5.74) is 2.04. The Morgan fingerprint density at radius 3 is 2.71 bits per heavy atom. The molecule has 1 aliphatic rings. The van der Waals surface area contributed by atoms with Gasteiger partial charge in [0.05, 0.1) is 0 Å². The van der Waals surface area contributed by atoms with E-state index in [1.54, 1.807) is 0 Å². The van der Waals surface area contributed by atoms with Crippen LogP contribution in [0.4, 0.5) is 4.79 Å². The van der Waals surface area contributed by atoms with Crippen LogP contribution in [-0.2, 0) is 9.63 Å². The number of amides is 2. The molecule has 2 amide bonds. The van der Waals surface area contributed by atoms with E-state index in [9.17, 15) is 9.59 Å². The van der Waals surface area contributed by atoms with Gasteiger partial charge in [0, 0.05) is 6.54 Å². The van der Waals surface area contributed by atoms with Crippen molar-refractivity contribution in [3.8, 4) is 0 Å². The molecule has 2 atom stereocenters. The predicted octanol–water partition coefficient (Wildman–Crippen LogP) is 1.13. The van der Waals surface area contributed by atoms with Gasteiger partial charge in [-0.05, 0) is 18.3 Å². The number of carboxylic acid groups (broad SMARTS) is 1. The minimum atomic E-state index is -1.12. The van der Waals surface area contributed by atoms with Crippen molar-refractivity contribution in [2.24, 2.45) is 11.8 Å². The summed E-state index contributed by atoms with van der Waals surface area (Å²) in [5.74, 6) is 0.0177. The fraction of sp³-hybridized carbons (Fsp3) is 0.818. The topological polar surface area (TPSA) is 87.7 Å². The third-order valence-corrected chi connectivity index (χ3v) is 3.17. The highest BCUT2D eigenvalue weighted by Gasteiger charge is 2.21. The van der Waals surface area contributed by atoms with Crippen molar-refractivity contribution in [2.45, 2.75) is 32.6 Å². The molecule has 0 saturated heterocycles. The Morgan fingerprint density at radius 2 is 2.06 bits per heavy atom. The third-order valence-electron chi connectivity index (χ3n) is 3.17. The molecular formula is C11H20N2O4. The number of carboxylic acids is 1. The van der Waals surface area contributed by atoms with Gasteiger partial charge in [0.1, 0.15) is 0 Å². The Kier molecular flexibility index (Phi) is 5.76. The van der Waals surface area contributed by atoms with Crippen LogP contribution in [0.5, 0.6) is 0 Å². The van der Waals surface area contributed by atoms with E-state index >= 15 is 0 Å². The molecule has 0 aromatic carbocycles. The number of urea groups is 1. The van der Waals surface area contributed by atoms with Gasteiger partial charge in [-0.1, -0.05) is 26.2 Å². The molecule has 6 nitrogen and oxygen atoms in total. The zero-order chi connectivity index (χ0) is 12.7. The van der Waals surface area contributed by atoms with Crippen molar-refractivity contribution in [2.75, 3.05) is 13.2 Å². The van der Waals surface area contributed by atoms with Gasteiger partial charge in [-0.2, -0.15) is 0 Å². The minimum absolute atomic E-state index is 0.482. The Hall–Kier alpha value is -1.30. The lowest BCUT2D eigenvalue weighted by atomic mass is 9.80. The molecule has 0 bridgehead atoms. The summed E-state index contributed by atoms with van der Waals surface area (Å²) in [7, 11) is 0.